The second-order valence-corrected chi connectivity index (χ2v) is 3.00. The quantitative estimate of drug-likeness (QED) is 0.609. The van der Waals surface area contributed by atoms with Gasteiger partial charge in [0.25, 0.3) is 0 Å². The van der Waals surface area contributed by atoms with E-state index in [4.69, 9.17) is 0 Å². The third-order valence-electron chi connectivity index (χ3n) is 2.31. The minimum Gasteiger partial charge on any atom is -0.314 e. The summed E-state index contributed by atoms with van der Waals surface area (Å²) in [6.45, 7) is 5.60. The molecule has 0 bridgehead atoms. The maximum atomic E-state index is 3.45. The Bertz CT molecular complexity index is 74.6. The van der Waals surface area contributed by atoms with Gasteiger partial charge in [-0.05, 0) is 25.3 Å². The lowest BCUT2D eigenvalue weighted by atomic mass is 9.79. The van der Waals surface area contributed by atoms with Crippen LogP contribution < -0.4 is 5.32 Å². The lowest BCUT2D eigenvalue weighted by Gasteiger charge is -2.35. The molecule has 1 N–H and O–H groups in total. The molecule has 1 heteroatoms. The van der Waals surface area contributed by atoms with Crippen LogP contribution in [0.2, 0.25) is 0 Å². The highest BCUT2D eigenvalue weighted by Crippen LogP contribution is 2.29. The first kappa shape index (κ1) is 7.07. The van der Waals surface area contributed by atoms with Crippen molar-refractivity contribution in [1.82, 2.24) is 5.32 Å². The fourth-order valence-electron chi connectivity index (χ4n) is 1.52. The fourth-order valence-corrected chi connectivity index (χ4v) is 1.52. The predicted molar refractivity (Wildman–Crippen MR) is 40.5 cm³/mol. The van der Waals surface area contributed by atoms with E-state index < -0.39 is 0 Å². The Morgan fingerprint density at radius 3 is 2.44 bits per heavy atom. The molecule has 0 unspecified atom stereocenters. The SMILES string of the molecule is CCNC1CC(CC)C1. The summed E-state index contributed by atoms with van der Waals surface area (Å²) in [6, 6.07) is 0.861. The van der Waals surface area contributed by atoms with Gasteiger partial charge in [0.15, 0.2) is 0 Å². The van der Waals surface area contributed by atoms with Crippen LogP contribution in [0.15, 0.2) is 0 Å². The molecular formula is C8H17N. The van der Waals surface area contributed by atoms with E-state index in [1.165, 1.54) is 19.3 Å². The highest BCUT2D eigenvalue weighted by atomic mass is 14.9. The average Bonchev–Trinajstić information content (AvgIpc) is 1.77. The summed E-state index contributed by atoms with van der Waals surface area (Å²) >= 11 is 0. The fraction of sp³-hybridized carbons (Fsp3) is 1.00. The monoisotopic (exact) mass is 127 g/mol. The minimum atomic E-state index is 0.861. The smallest absolute Gasteiger partial charge is 0.00722 e. The van der Waals surface area contributed by atoms with Crippen LogP contribution in [0, 0.1) is 5.92 Å². The van der Waals surface area contributed by atoms with Gasteiger partial charge in [-0.1, -0.05) is 20.3 Å². The predicted octanol–water partition coefficient (Wildman–Crippen LogP) is 1.78. The molecule has 1 nitrogen and oxygen atoms in total. The van der Waals surface area contributed by atoms with Crippen molar-refractivity contribution in [3.8, 4) is 0 Å². The standard InChI is InChI=1S/C8H17N/c1-3-7-5-8(6-7)9-4-2/h7-9H,3-6H2,1-2H3. The lowest BCUT2D eigenvalue weighted by Crippen LogP contribution is -2.40. The van der Waals surface area contributed by atoms with Gasteiger partial charge >= 0.3 is 0 Å². The maximum Gasteiger partial charge on any atom is 0.00722 e. The largest absolute Gasteiger partial charge is 0.314 e. The number of rotatable bonds is 3. The molecule has 1 rings (SSSR count). The summed E-state index contributed by atoms with van der Waals surface area (Å²) in [6.07, 6.45) is 4.22. The van der Waals surface area contributed by atoms with Gasteiger partial charge < -0.3 is 5.32 Å². The molecule has 0 aliphatic heterocycles. The van der Waals surface area contributed by atoms with Gasteiger partial charge in [0.1, 0.15) is 0 Å². The molecule has 0 saturated heterocycles. The molecular weight excluding hydrogens is 110 g/mol. The third-order valence-corrected chi connectivity index (χ3v) is 2.31. The van der Waals surface area contributed by atoms with Gasteiger partial charge in [-0.2, -0.15) is 0 Å². The first-order valence-corrected chi connectivity index (χ1v) is 4.10. The summed E-state index contributed by atoms with van der Waals surface area (Å²) in [5.74, 6) is 1.04. The number of hydrogen-bond acceptors (Lipinski definition) is 1. The summed E-state index contributed by atoms with van der Waals surface area (Å²) < 4.78 is 0. The molecule has 1 aliphatic rings. The highest BCUT2D eigenvalue weighted by Gasteiger charge is 2.25. The van der Waals surface area contributed by atoms with Crippen molar-refractivity contribution in [1.29, 1.82) is 0 Å². The van der Waals surface area contributed by atoms with Gasteiger partial charge in [-0.3, -0.25) is 0 Å². The molecule has 0 aromatic carbocycles. The van der Waals surface area contributed by atoms with Gasteiger partial charge in [-0.15, -0.1) is 0 Å². The number of hydrogen-bond donors (Lipinski definition) is 1. The van der Waals surface area contributed by atoms with E-state index in [0.29, 0.717) is 0 Å². The van der Waals surface area contributed by atoms with E-state index in [-0.39, 0.29) is 0 Å². The molecule has 0 atom stereocenters. The zero-order valence-corrected chi connectivity index (χ0v) is 6.48. The average molecular weight is 127 g/mol. The molecule has 1 saturated carbocycles. The Morgan fingerprint density at radius 2 is 2.00 bits per heavy atom. The Morgan fingerprint density at radius 1 is 1.33 bits per heavy atom. The van der Waals surface area contributed by atoms with E-state index in [1.54, 1.807) is 0 Å². The zero-order chi connectivity index (χ0) is 6.69. The van der Waals surface area contributed by atoms with Crippen LogP contribution in [0.1, 0.15) is 33.1 Å². The topological polar surface area (TPSA) is 12.0 Å². The van der Waals surface area contributed by atoms with Crippen LogP contribution >= 0.6 is 0 Å². The molecule has 1 fully saturated rings. The lowest BCUT2D eigenvalue weighted by molar-refractivity contribution is 0.220. The van der Waals surface area contributed by atoms with E-state index in [2.05, 4.69) is 19.2 Å². The first-order chi connectivity index (χ1) is 4.36. The molecule has 0 heterocycles. The van der Waals surface area contributed by atoms with E-state index in [0.717, 1.165) is 18.5 Å². The second-order valence-electron chi connectivity index (χ2n) is 3.00. The molecule has 1 aliphatic carbocycles. The van der Waals surface area contributed by atoms with Crippen molar-refractivity contribution in [2.45, 2.75) is 39.2 Å². The summed E-state index contributed by atoms with van der Waals surface area (Å²) in [5.41, 5.74) is 0. The van der Waals surface area contributed by atoms with Gasteiger partial charge in [-0.25, -0.2) is 0 Å². The van der Waals surface area contributed by atoms with Crippen molar-refractivity contribution >= 4 is 0 Å². The van der Waals surface area contributed by atoms with Crippen LogP contribution in [0.5, 0.6) is 0 Å². The van der Waals surface area contributed by atoms with Crippen molar-refractivity contribution in [3.05, 3.63) is 0 Å². The summed E-state index contributed by atoms with van der Waals surface area (Å²) in [5, 5.41) is 3.45. The van der Waals surface area contributed by atoms with Crippen molar-refractivity contribution in [2.75, 3.05) is 6.54 Å². The maximum absolute atomic E-state index is 3.45. The van der Waals surface area contributed by atoms with Gasteiger partial charge in [0.05, 0.1) is 0 Å². The van der Waals surface area contributed by atoms with Crippen LogP contribution in [-0.2, 0) is 0 Å². The zero-order valence-electron chi connectivity index (χ0n) is 6.48. The van der Waals surface area contributed by atoms with Gasteiger partial charge in [0.2, 0.25) is 0 Å². The normalized spacial score (nSPS) is 34.0. The first-order valence-electron chi connectivity index (χ1n) is 4.10. The minimum absolute atomic E-state index is 0.861. The Kier molecular flexibility index (Phi) is 2.52. The molecule has 0 amide bonds. The number of nitrogens with one attached hydrogen (secondary N) is 1. The van der Waals surface area contributed by atoms with Crippen molar-refractivity contribution < 1.29 is 0 Å². The molecule has 54 valence electrons. The van der Waals surface area contributed by atoms with Gasteiger partial charge in [0, 0.05) is 6.04 Å². The Hall–Kier alpha value is -0.0400. The van der Waals surface area contributed by atoms with Crippen molar-refractivity contribution in [3.63, 3.8) is 0 Å². The van der Waals surface area contributed by atoms with E-state index in [9.17, 15) is 0 Å². The third kappa shape index (κ3) is 1.68. The highest BCUT2D eigenvalue weighted by molar-refractivity contribution is 4.83. The molecule has 0 spiro atoms. The Labute approximate surface area is 57.8 Å². The summed E-state index contributed by atoms with van der Waals surface area (Å²) in [7, 11) is 0. The van der Waals surface area contributed by atoms with Crippen LogP contribution in [0.4, 0.5) is 0 Å². The van der Waals surface area contributed by atoms with Crippen LogP contribution in [0.3, 0.4) is 0 Å². The second kappa shape index (κ2) is 3.21. The van der Waals surface area contributed by atoms with E-state index in [1.807, 2.05) is 0 Å². The van der Waals surface area contributed by atoms with Crippen LogP contribution in [0.25, 0.3) is 0 Å². The van der Waals surface area contributed by atoms with E-state index >= 15 is 0 Å². The molecule has 0 radical (unpaired) electrons. The summed E-state index contributed by atoms with van der Waals surface area (Å²) in [4.78, 5) is 0. The van der Waals surface area contributed by atoms with Crippen LogP contribution in [-0.4, -0.2) is 12.6 Å². The Balaban J connectivity index is 1.98. The van der Waals surface area contributed by atoms with Crippen molar-refractivity contribution in [2.24, 2.45) is 5.92 Å². The molecule has 0 aromatic heterocycles. The molecule has 0 aromatic rings. The molecule has 9 heavy (non-hydrogen) atoms.